The second-order valence-corrected chi connectivity index (χ2v) is 3.01. The summed E-state index contributed by atoms with van der Waals surface area (Å²) in [6.07, 6.45) is 0. The van der Waals surface area contributed by atoms with Gasteiger partial charge in [-0.1, -0.05) is 0 Å². The largest absolute Gasteiger partial charge is 0.496 e. The van der Waals surface area contributed by atoms with E-state index in [0.29, 0.717) is 0 Å². The summed E-state index contributed by atoms with van der Waals surface area (Å²) in [6, 6.07) is 0.429. The Balaban J connectivity index is 3.21. The molecule has 16 heavy (non-hydrogen) atoms. The maximum atomic E-state index is 13.0. The predicted octanol–water partition coefficient (Wildman–Crippen LogP) is 1.15. The van der Waals surface area contributed by atoms with E-state index in [2.05, 4.69) is 4.74 Å². The fourth-order valence-electron chi connectivity index (χ4n) is 1.22. The number of halogens is 2. The molecular formula is C10H11F2NO3. The van der Waals surface area contributed by atoms with E-state index in [1.54, 1.807) is 0 Å². The number of hydrogen-bond acceptors (Lipinski definition) is 4. The molecule has 0 saturated heterocycles. The van der Waals surface area contributed by atoms with Gasteiger partial charge in [0.1, 0.15) is 11.8 Å². The summed E-state index contributed by atoms with van der Waals surface area (Å²) in [4.78, 5) is 11.2. The van der Waals surface area contributed by atoms with E-state index in [0.717, 1.165) is 19.2 Å². The fraction of sp³-hybridized carbons (Fsp3) is 0.300. The van der Waals surface area contributed by atoms with Crippen LogP contribution < -0.4 is 10.5 Å². The van der Waals surface area contributed by atoms with Crippen LogP contribution in [0.3, 0.4) is 0 Å². The van der Waals surface area contributed by atoms with Gasteiger partial charge in [0.25, 0.3) is 0 Å². The third kappa shape index (κ3) is 2.27. The van der Waals surface area contributed by atoms with Crippen LogP contribution in [0.5, 0.6) is 5.75 Å². The number of carbonyl (C=O) groups is 1. The Morgan fingerprint density at radius 2 is 1.88 bits per heavy atom. The molecule has 88 valence electrons. The van der Waals surface area contributed by atoms with E-state index < -0.39 is 23.6 Å². The van der Waals surface area contributed by atoms with Gasteiger partial charge in [-0.15, -0.1) is 0 Å². The molecule has 0 aliphatic rings. The van der Waals surface area contributed by atoms with Crippen molar-refractivity contribution in [2.75, 3.05) is 14.2 Å². The highest BCUT2D eigenvalue weighted by Crippen LogP contribution is 2.27. The zero-order valence-corrected chi connectivity index (χ0v) is 8.79. The van der Waals surface area contributed by atoms with Crippen molar-refractivity contribution >= 4 is 5.97 Å². The van der Waals surface area contributed by atoms with E-state index in [1.807, 2.05) is 0 Å². The SMILES string of the molecule is COC(=O)C(N)c1cc(F)c(F)cc1OC. The molecule has 0 amide bonds. The van der Waals surface area contributed by atoms with Crippen molar-refractivity contribution in [2.45, 2.75) is 6.04 Å². The molecule has 0 radical (unpaired) electrons. The first kappa shape index (κ1) is 12.4. The van der Waals surface area contributed by atoms with Crippen LogP contribution in [0.1, 0.15) is 11.6 Å². The van der Waals surface area contributed by atoms with Crippen molar-refractivity contribution in [2.24, 2.45) is 5.73 Å². The summed E-state index contributed by atoms with van der Waals surface area (Å²) in [5, 5.41) is 0. The third-order valence-corrected chi connectivity index (χ3v) is 2.06. The molecule has 0 aromatic heterocycles. The molecule has 2 N–H and O–H groups in total. The Hall–Kier alpha value is -1.69. The molecule has 0 spiro atoms. The summed E-state index contributed by atoms with van der Waals surface area (Å²) in [5.74, 6) is -2.94. The molecule has 0 aliphatic carbocycles. The van der Waals surface area contributed by atoms with Gasteiger partial charge < -0.3 is 15.2 Å². The van der Waals surface area contributed by atoms with E-state index in [9.17, 15) is 13.6 Å². The summed E-state index contributed by atoms with van der Waals surface area (Å²) in [6.45, 7) is 0. The first-order valence-electron chi connectivity index (χ1n) is 4.37. The van der Waals surface area contributed by atoms with Gasteiger partial charge in [0.2, 0.25) is 0 Å². The molecule has 0 saturated carbocycles. The van der Waals surface area contributed by atoms with Crippen molar-refractivity contribution in [3.05, 3.63) is 29.3 Å². The van der Waals surface area contributed by atoms with Gasteiger partial charge in [-0.25, -0.2) is 8.78 Å². The van der Waals surface area contributed by atoms with Crippen LogP contribution >= 0.6 is 0 Å². The van der Waals surface area contributed by atoms with Crippen molar-refractivity contribution in [3.63, 3.8) is 0 Å². The van der Waals surface area contributed by atoms with Crippen molar-refractivity contribution in [1.29, 1.82) is 0 Å². The highest BCUT2D eigenvalue weighted by atomic mass is 19.2. The van der Waals surface area contributed by atoms with Crippen LogP contribution in [0.4, 0.5) is 8.78 Å². The number of nitrogens with two attached hydrogens (primary N) is 1. The lowest BCUT2D eigenvalue weighted by Crippen LogP contribution is -2.23. The molecule has 1 aromatic carbocycles. The molecular weight excluding hydrogens is 220 g/mol. The molecule has 1 atom stereocenters. The average Bonchev–Trinajstić information content (AvgIpc) is 2.30. The monoisotopic (exact) mass is 231 g/mol. The third-order valence-electron chi connectivity index (χ3n) is 2.06. The Bertz CT molecular complexity index is 409. The first-order chi connectivity index (χ1) is 7.51. The zero-order chi connectivity index (χ0) is 12.3. The Morgan fingerprint density at radius 3 is 2.38 bits per heavy atom. The minimum absolute atomic E-state index is 0.00296. The molecule has 4 nitrogen and oxygen atoms in total. The number of rotatable bonds is 3. The predicted molar refractivity (Wildman–Crippen MR) is 51.9 cm³/mol. The van der Waals surface area contributed by atoms with Crippen LogP contribution in [0.15, 0.2) is 12.1 Å². The van der Waals surface area contributed by atoms with Gasteiger partial charge in [-0.2, -0.15) is 0 Å². The number of methoxy groups -OCH3 is 2. The van der Waals surface area contributed by atoms with Crippen LogP contribution in [0.2, 0.25) is 0 Å². The molecule has 1 aromatic rings. The molecule has 0 heterocycles. The van der Waals surface area contributed by atoms with E-state index in [4.69, 9.17) is 10.5 Å². The summed E-state index contributed by atoms with van der Waals surface area (Å²) >= 11 is 0. The van der Waals surface area contributed by atoms with Gasteiger partial charge >= 0.3 is 5.97 Å². The summed E-state index contributed by atoms with van der Waals surface area (Å²) in [7, 11) is 2.41. The molecule has 1 rings (SSSR count). The zero-order valence-electron chi connectivity index (χ0n) is 8.79. The van der Waals surface area contributed by atoms with E-state index >= 15 is 0 Å². The Labute approximate surface area is 91.0 Å². The van der Waals surface area contributed by atoms with Gasteiger partial charge in [-0.05, 0) is 6.07 Å². The van der Waals surface area contributed by atoms with Gasteiger partial charge in [-0.3, -0.25) is 4.79 Å². The average molecular weight is 231 g/mol. The van der Waals surface area contributed by atoms with Crippen molar-refractivity contribution in [1.82, 2.24) is 0 Å². The van der Waals surface area contributed by atoms with Crippen molar-refractivity contribution < 1.29 is 23.0 Å². The van der Waals surface area contributed by atoms with E-state index in [-0.39, 0.29) is 11.3 Å². The second-order valence-electron chi connectivity index (χ2n) is 3.01. The smallest absolute Gasteiger partial charge is 0.327 e. The Kier molecular flexibility index (Phi) is 3.78. The highest BCUT2D eigenvalue weighted by Gasteiger charge is 2.22. The maximum absolute atomic E-state index is 13.0. The first-order valence-corrected chi connectivity index (χ1v) is 4.37. The normalized spacial score (nSPS) is 12.1. The van der Waals surface area contributed by atoms with Crippen LogP contribution in [0.25, 0.3) is 0 Å². The van der Waals surface area contributed by atoms with Crippen LogP contribution in [-0.4, -0.2) is 20.2 Å². The maximum Gasteiger partial charge on any atom is 0.327 e. The van der Waals surface area contributed by atoms with Crippen molar-refractivity contribution in [3.8, 4) is 5.75 Å². The lowest BCUT2D eigenvalue weighted by Gasteiger charge is -2.13. The van der Waals surface area contributed by atoms with Crippen LogP contribution in [-0.2, 0) is 9.53 Å². The van der Waals surface area contributed by atoms with E-state index in [1.165, 1.54) is 7.11 Å². The number of hydrogen-bond donors (Lipinski definition) is 1. The minimum atomic E-state index is -1.21. The number of carbonyl (C=O) groups excluding carboxylic acids is 1. The lowest BCUT2D eigenvalue weighted by atomic mass is 10.1. The van der Waals surface area contributed by atoms with Gasteiger partial charge in [0.05, 0.1) is 14.2 Å². The standard InChI is InChI=1S/C10H11F2NO3/c1-15-8-4-7(12)6(11)3-5(8)9(13)10(14)16-2/h3-4,9H,13H2,1-2H3. The summed E-state index contributed by atoms with van der Waals surface area (Å²) < 4.78 is 35.1. The molecule has 0 aliphatic heterocycles. The van der Waals surface area contributed by atoms with Gasteiger partial charge in [0, 0.05) is 11.6 Å². The number of ether oxygens (including phenoxy) is 2. The molecule has 6 heteroatoms. The molecule has 1 unspecified atom stereocenters. The van der Waals surface area contributed by atoms with Gasteiger partial charge in [0.15, 0.2) is 11.6 Å². The minimum Gasteiger partial charge on any atom is -0.496 e. The summed E-state index contributed by atoms with van der Waals surface area (Å²) in [5.41, 5.74) is 5.54. The fourth-order valence-corrected chi connectivity index (χ4v) is 1.22. The molecule has 0 bridgehead atoms. The van der Waals surface area contributed by atoms with Crippen LogP contribution in [0, 0.1) is 11.6 Å². The lowest BCUT2D eigenvalue weighted by molar-refractivity contribution is -0.142. The quantitative estimate of drug-likeness (QED) is 0.792. The molecule has 0 fully saturated rings. The number of esters is 1. The topological polar surface area (TPSA) is 61.5 Å². The Morgan fingerprint density at radius 1 is 1.31 bits per heavy atom. The number of benzene rings is 1. The highest BCUT2D eigenvalue weighted by molar-refractivity contribution is 5.78. The second kappa shape index (κ2) is 4.89.